The van der Waals surface area contributed by atoms with Crippen molar-refractivity contribution in [1.29, 1.82) is 0 Å². The van der Waals surface area contributed by atoms with Crippen molar-refractivity contribution in [2.45, 2.75) is 25.7 Å². The van der Waals surface area contributed by atoms with Crippen LogP contribution in [0.3, 0.4) is 0 Å². The van der Waals surface area contributed by atoms with Crippen molar-refractivity contribution in [3.05, 3.63) is 36.4 Å². The first-order valence-corrected chi connectivity index (χ1v) is 7.26. The van der Waals surface area contributed by atoms with Gasteiger partial charge in [-0.1, -0.05) is 6.58 Å². The number of aldehydes is 1. The number of benzene rings is 1. The van der Waals surface area contributed by atoms with Gasteiger partial charge in [0.25, 0.3) is 0 Å². The molecule has 5 heteroatoms. The van der Waals surface area contributed by atoms with Gasteiger partial charge in [0.1, 0.15) is 11.5 Å². The Kier molecular flexibility index (Phi) is 8.42. The zero-order valence-corrected chi connectivity index (χ0v) is 12.9. The molecular formula is C17H22O5. The van der Waals surface area contributed by atoms with Gasteiger partial charge in [-0.2, -0.15) is 0 Å². The quantitative estimate of drug-likeness (QED) is 0.272. The van der Waals surface area contributed by atoms with Gasteiger partial charge < -0.3 is 14.2 Å². The number of hydrogen-bond donors (Lipinski definition) is 0. The molecule has 1 rings (SSSR count). The lowest BCUT2D eigenvalue weighted by molar-refractivity contribution is -0.137. The number of rotatable bonds is 11. The zero-order chi connectivity index (χ0) is 16.2. The van der Waals surface area contributed by atoms with E-state index in [1.165, 1.54) is 0 Å². The lowest BCUT2D eigenvalue weighted by Crippen LogP contribution is -2.03. The molecule has 0 saturated carbocycles. The summed E-state index contributed by atoms with van der Waals surface area (Å²) in [6.07, 6.45) is 5.52. The van der Waals surface area contributed by atoms with Crippen molar-refractivity contribution in [3.63, 3.8) is 0 Å². The van der Waals surface area contributed by atoms with Gasteiger partial charge in [-0.3, -0.25) is 4.79 Å². The maximum Gasteiger partial charge on any atom is 0.330 e. The molecule has 1 aromatic rings. The third-order valence-electron chi connectivity index (χ3n) is 3.05. The first kappa shape index (κ1) is 17.8. The van der Waals surface area contributed by atoms with Crippen LogP contribution >= 0.6 is 0 Å². The van der Waals surface area contributed by atoms with Gasteiger partial charge in [-0.25, -0.2) is 4.79 Å². The summed E-state index contributed by atoms with van der Waals surface area (Å²) in [5, 5.41) is 0. The van der Waals surface area contributed by atoms with Gasteiger partial charge in [0.05, 0.1) is 25.9 Å². The van der Waals surface area contributed by atoms with Crippen LogP contribution in [0.4, 0.5) is 0 Å². The Morgan fingerprint density at radius 2 is 1.91 bits per heavy atom. The van der Waals surface area contributed by atoms with Crippen LogP contribution in [0.15, 0.2) is 30.9 Å². The second kappa shape index (κ2) is 10.4. The van der Waals surface area contributed by atoms with E-state index in [0.717, 1.165) is 38.0 Å². The molecule has 0 aliphatic heterocycles. The SMILES string of the molecule is C=CC(=O)OCCCCCCOc1cc(OC)ccc1C=O. The van der Waals surface area contributed by atoms with Gasteiger partial charge in [-0.05, 0) is 37.8 Å². The summed E-state index contributed by atoms with van der Waals surface area (Å²) in [6.45, 7) is 4.27. The normalized spacial score (nSPS) is 9.86. The number of carbonyl (C=O) groups excluding carboxylic acids is 2. The number of esters is 1. The summed E-state index contributed by atoms with van der Waals surface area (Å²) in [5.74, 6) is 0.807. The maximum absolute atomic E-state index is 10.9. The molecule has 0 aliphatic carbocycles. The zero-order valence-electron chi connectivity index (χ0n) is 12.9. The third kappa shape index (κ3) is 6.43. The lowest BCUT2D eigenvalue weighted by atomic mass is 10.2. The van der Waals surface area contributed by atoms with E-state index in [4.69, 9.17) is 14.2 Å². The molecule has 0 aliphatic rings. The van der Waals surface area contributed by atoms with E-state index in [-0.39, 0.29) is 5.97 Å². The van der Waals surface area contributed by atoms with Gasteiger partial charge in [0, 0.05) is 12.1 Å². The van der Waals surface area contributed by atoms with Crippen LogP contribution in [0.1, 0.15) is 36.0 Å². The van der Waals surface area contributed by atoms with Crippen molar-refractivity contribution >= 4 is 12.3 Å². The minimum atomic E-state index is -0.386. The fourth-order valence-corrected chi connectivity index (χ4v) is 1.84. The van der Waals surface area contributed by atoms with Gasteiger partial charge in [-0.15, -0.1) is 0 Å². The van der Waals surface area contributed by atoms with E-state index in [0.29, 0.717) is 30.3 Å². The number of ether oxygens (including phenoxy) is 3. The molecular weight excluding hydrogens is 284 g/mol. The highest BCUT2D eigenvalue weighted by Gasteiger charge is 2.05. The molecule has 0 saturated heterocycles. The van der Waals surface area contributed by atoms with Crippen molar-refractivity contribution in [2.24, 2.45) is 0 Å². The van der Waals surface area contributed by atoms with Crippen LogP contribution in [0.2, 0.25) is 0 Å². The second-order valence-electron chi connectivity index (χ2n) is 4.66. The molecule has 22 heavy (non-hydrogen) atoms. The van der Waals surface area contributed by atoms with E-state index in [1.54, 1.807) is 25.3 Å². The summed E-state index contributed by atoms with van der Waals surface area (Å²) >= 11 is 0. The molecule has 0 bridgehead atoms. The van der Waals surface area contributed by atoms with Gasteiger partial charge in [0.15, 0.2) is 6.29 Å². The number of unbranched alkanes of at least 4 members (excludes halogenated alkanes) is 3. The molecule has 0 atom stereocenters. The van der Waals surface area contributed by atoms with Crippen molar-refractivity contribution in [2.75, 3.05) is 20.3 Å². The molecule has 0 amide bonds. The maximum atomic E-state index is 10.9. The van der Waals surface area contributed by atoms with Crippen LogP contribution in [0.5, 0.6) is 11.5 Å². The Bertz CT molecular complexity index is 496. The minimum Gasteiger partial charge on any atom is -0.497 e. The summed E-state index contributed by atoms with van der Waals surface area (Å²) in [5.41, 5.74) is 0.511. The summed E-state index contributed by atoms with van der Waals surface area (Å²) < 4.78 is 15.6. The first-order chi connectivity index (χ1) is 10.7. The second-order valence-corrected chi connectivity index (χ2v) is 4.66. The largest absolute Gasteiger partial charge is 0.497 e. The Morgan fingerprint density at radius 1 is 1.18 bits per heavy atom. The van der Waals surface area contributed by atoms with E-state index in [9.17, 15) is 9.59 Å². The first-order valence-electron chi connectivity index (χ1n) is 7.26. The molecule has 0 spiro atoms. The Morgan fingerprint density at radius 3 is 2.55 bits per heavy atom. The Balaban J connectivity index is 2.20. The van der Waals surface area contributed by atoms with Crippen LogP contribution in [0.25, 0.3) is 0 Å². The van der Waals surface area contributed by atoms with E-state index >= 15 is 0 Å². The fourth-order valence-electron chi connectivity index (χ4n) is 1.84. The molecule has 0 unspecified atom stereocenters. The third-order valence-corrected chi connectivity index (χ3v) is 3.05. The van der Waals surface area contributed by atoms with E-state index in [2.05, 4.69) is 6.58 Å². The van der Waals surface area contributed by atoms with E-state index in [1.807, 2.05) is 0 Å². The topological polar surface area (TPSA) is 61.8 Å². The molecule has 1 aromatic carbocycles. The van der Waals surface area contributed by atoms with Gasteiger partial charge >= 0.3 is 5.97 Å². The van der Waals surface area contributed by atoms with Crippen LogP contribution in [-0.4, -0.2) is 32.6 Å². The highest BCUT2D eigenvalue weighted by Crippen LogP contribution is 2.23. The average Bonchev–Trinajstić information content (AvgIpc) is 2.56. The average molecular weight is 306 g/mol. The molecule has 0 N–H and O–H groups in total. The highest BCUT2D eigenvalue weighted by molar-refractivity contribution is 5.81. The molecule has 0 heterocycles. The molecule has 0 fully saturated rings. The molecule has 5 nitrogen and oxygen atoms in total. The lowest BCUT2D eigenvalue weighted by Gasteiger charge is -2.10. The van der Waals surface area contributed by atoms with Crippen molar-refractivity contribution < 1.29 is 23.8 Å². The van der Waals surface area contributed by atoms with Crippen LogP contribution in [0, 0.1) is 0 Å². The highest BCUT2D eigenvalue weighted by atomic mass is 16.5. The molecule has 120 valence electrons. The molecule has 0 radical (unpaired) electrons. The standard InChI is InChI=1S/C17H22O5/c1-3-17(19)22-11-7-5-4-6-10-21-16-12-15(20-2)9-8-14(16)13-18/h3,8-9,12-13H,1,4-7,10-11H2,2H3. The Labute approximate surface area is 130 Å². The van der Waals surface area contributed by atoms with Crippen LogP contribution < -0.4 is 9.47 Å². The summed E-state index contributed by atoms with van der Waals surface area (Å²) in [7, 11) is 1.57. The number of methoxy groups -OCH3 is 1. The molecule has 0 aromatic heterocycles. The fraction of sp³-hybridized carbons (Fsp3) is 0.412. The Hall–Kier alpha value is -2.30. The van der Waals surface area contributed by atoms with Gasteiger partial charge in [0.2, 0.25) is 0 Å². The van der Waals surface area contributed by atoms with Crippen molar-refractivity contribution in [1.82, 2.24) is 0 Å². The summed E-state index contributed by atoms with van der Waals surface area (Å²) in [4.78, 5) is 21.8. The monoisotopic (exact) mass is 306 g/mol. The minimum absolute atomic E-state index is 0.386. The summed E-state index contributed by atoms with van der Waals surface area (Å²) in [6, 6.07) is 5.11. The predicted octanol–water partition coefficient (Wildman–Crippen LogP) is 3.18. The predicted molar refractivity (Wildman–Crippen MR) is 83.5 cm³/mol. The van der Waals surface area contributed by atoms with Crippen LogP contribution in [-0.2, 0) is 9.53 Å². The van der Waals surface area contributed by atoms with E-state index < -0.39 is 0 Å². The smallest absolute Gasteiger partial charge is 0.330 e. The number of carbonyl (C=O) groups is 2. The van der Waals surface area contributed by atoms with Crippen molar-refractivity contribution in [3.8, 4) is 11.5 Å². The number of hydrogen-bond acceptors (Lipinski definition) is 5.